The fourth-order valence-corrected chi connectivity index (χ4v) is 12.3. The number of hydrogen-bond donors (Lipinski definition) is 0. The van der Waals surface area contributed by atoms with Gasteiger partial charge in [0.25, 0.3) is 0 Å². The molecule has 0 unspecified atom stereocenters. The highest BCUT2D eigenvalue weighted by atomic mass is 15.1. The SMILES string of the molecule is CCCCC1(CCCC)c2cc(N(c3ccccc3)c3ccc(-n4c5ccccc5c5ccccc54)cc3)ccc2-c2ccc(N(c3ccccc3)c3ccc(-n4c5ccccc5c5ccccc54)cc3)cc21. The molecular weight excluding hydrogens is 885 g/mol. The molecule has 0 saturated carbocycles. The summed E-state index contributed by atoms with van der Waals surface area (Å²) < 4.78 is 4.80. The number of rotatable bonds is 14. The lowest BCUT2D eigenvalue weighted by molar-refractivity contribution is 0.414. The Morgan fingerprint density at radius 2 is 0.616 bits per heavy atom. The van der Waals surface area contributed by atoms with Crippen LogP contribution in [-0.4, -0.2) is 9.13 Å². The van der Waals surface area contributed by atoms with Gasteiger partial charge in [-0.3, -0.25) is 0 Å². The predicted octanol–water partition coefficient (Wildman–Crippen LogP) is 19.5. The van der Waals surface area contributed by atoms with Crippen molar-refractivity contribution < 1.29 is 0 Å². The normalized spacial score (nSPS) is 12.7. The van der Waals surface area contributed by atoms with Gasteiger partial charge in [-0.05, 0) is 156 Å². The molecule has 0 N–H and O–H groups in total. The highest BCUT2D eigenvalue weighted by Crippen LogP contribution is 2.57. The van der Waals surface area contributed by atoms with E-state index in [1.807, 2.05) is 0 Å². The lowest BCUT2D eigenvalue weighted by Gasteiger charge is -2.35. The van der Waals surface area contributed by atoms with E-state index in [1.54, 1.807) is 0 Å². The third-order valence-corrected chi connectivity index (χ3v) is 15.7. The van der Waals surface area contributed by atoms with Crippen LogP contribution in [0.5, 0.6) is 0 Å². The molecule has 0 amide bonds. The first-order valence-electron chi connectivity index (χ1n) is 26.3. The van der Waals surface area contributed by atoms with Gasteiger partial charge < -0.3 is 18.9 Å². The molecule has 0 fully saturated rings. The number of anilines is 6. The van der Waals surface area contributed by atoms with Crippen molar-refractivity contribution >= 4 is 77.7 Å². The van der Waals surface area contributed by atoms with Crippen LogP contribution in [0.25, 0.3) is 66.1 Å². The fraction of sp³-hybridized carbons (Fsp3) is 0.130. The molecule has 0 aliphatic heterocycles. The van der Waals surface area contributed by atoms with Crippen LogP contribution >= 0.6 is 0 Å². The topological polar surface area (TPSA) is 16.3 Å². The minimum absolute atomic E-state index is 0.159. The van der Waals surface area contributed by atoms with E-state index < -0.39 is 0 Å². The Balaban J connectivity index is 0.922. The number of aromatic nitrogens is 2. The van der Waals surface area contributed by atoms with Crippen LogP contribution < -0.4 is 9.80 Å². The lowest BCUT2D eigenvalue weighted by Crippen LogP contribution is -2.26. The molecule has 354 valence electrons. The molecule has 4 heteroatoms. The van der Waals surface area contributed by atoms with E-state index in [1.165, 1.54) is 77.2 Å². The van der Waals surface area contributed by atoms with Gasteiger partial charge in [-0.2, -0.15) is 0 Å². The highest BCUT2D eigenvalue weighted by Gasteiger charge is 2.43. The molecule has 0 spiro atoms. The molecule has 2 aromatic heterocycles. The molecular formula is C69H58N4. The lowest BCUT2D eigenvalue weighted by atomic mass is 9.70. The second kappa shape index (κ2) is 18.5. The minimum Gasteiger partial charge on any atom is -0.310 e. The second-order valence-corrected chi connectivity index (χ2v) is 19.9. The first kappa shape index (κ1) is 44.3. The van der Waals surface area contributed by atoms with Gasteiger partial charge in [0, 0.05) is 72.5 Å². The van der Waals surface area contributed by atoms with Gasteiger partial charge in [-0.1, -0.05) is 161 Å². The largest absolute Gasteiger partial charge is 0.310 e. The summed E-state index contributed by atoms with van der Waals surface area (Å²) in [6.45, 7) is 4.69. The minimum atomic E-state index is -0.159. The smallest absolute Gasteiger partial charge is 0.0541 e. The molecule has 2 heterocycles. The average Bonchev–Trinajstić information content (AvgIpc) is 4.07. The van der Waals surface area contributed by atoms with E-state index >= 15 is 0 Å². The maximum absolute atomic E-state index is 2.55. The van der Waals surface area contributed by atoms with Gasteiger partial charge >= 0.3 is 0 Å². The van der Waals surface area contributed by atoms with E-state index in [-0.39, 0.29) is 5.41 Å². The molecule has 10 aromatic carbocycles. The number of para-hydroxylation sites is 6. The molecule has 0 bridgehead atoms. The van der Waals surface area contributed by atoms with E-state index in [4.69, 9.17) is 0 Å². The Labute approximate surface area is 428 Å². The Morgan fingerprint density at radius 3 is 0.959 bits per heavy atom. The molecule has 12 aromatic rings. The van der Waals surface area contributed by atoms with Crippen molar-refractivity contribution in [2.75, 3.05) is 9.80 Å². The molecule has 1 aliphatic rings. The van der Waals surface area contributed by atoms with E-state index in [0.29, 0.717) is 0 Å². The Hall–Kier alpha value is -8.60. The monoisotopic (exact) mass is 942 g/mol. The van der Waals surface area contributed by atoms with Gasteiger partial charge in [0.15, 0.2) is 0 Å². The van der Waals surface area contributed by atoms with Crippen LogP contribution in [0.15, 0.2) is 243 Å². The fourth-order valence-electron chi connectivity index (χ4n) is 12.3. The maximum Gasteiger partial charge on any atom is 0.0541 e. The summed E-state index contributed by atoms with van der Waals surface area (Å²) in [6, 6.07) is 89.8. The molecule has 1 aliphatic carbocycles. The van der Waals surface area contributed by atoms with E-state index in [9.17, 15) is 0 Å². The van der Waals surface area contributed by atoms with Gasteiger partial charge in [0.1, 0.15) is 0 Å². The summed E-state index contributed by atoms with van der Waals surface area (Å²) in [4.78, 5) is 4.91. The third-order valence-electron chi connectivity index (χ3n) is 15.7. The van der Waals surface area contributed by atoms with Crippen LogP contribution in [0.4, 0.5) is 34.1 Å². The van der Waals surface area contributed by atoms with Gasteiger partial charge in [-0.15, -0.1) is 0 Å². The number of nitrogens with zero attached hydrogens (tertiary/aromatic N) is 4. The first-order chi connectivity index (χ1) is 36.1. The first-order valence-corrected chi connectivity index (χ1v) is 26.3. The Morgan fingerprint density at radius 1 is 0.315 bits per heavy atom. The van der Waals surface area contributed by atoms with Crippen molar-refractivity contribution in [1.82, 2.24) is 9.13 Å². The third kappa shape index (κ3) is 7.43. The van der Waals surface area contributed by atoms with Gasteiger partial charge in [0.05, 0.1) is 22.1 Å². The zero-order valence-electron chi connectivity index (χ0n) is 41.6. The van der Waals surface area contributed by atoms with Gasteiger partial charge in [-0.25, -0.2) is 0 Å². The number of hydrogen-bond acceptors (Lipinski definition) is 2. The van der Waals surface area contributed by atoms with Crippen LogP contribution in [0.2, 0.25) is 0 Å². The molecule has 0 radical (unpaired) electrons. The summed E-state index contributed by atoms with van der Waals surface area (Å²) in [5, 5.41) is 5.08. The van der Waals surface area contributed by atoms with Crippen molar-refractivity contribution in [2.24, 2.45) is 0 Å². The number of benzene rings is 10. The predicted molar refractivity (Wildman–Crippen MR) is 310 cm³/mol. The summed E-state index contributed by atoms with van der Waals surface area (Å²) in [5.74, 6) is 0. The highest BCUT2D eigenvalue weighted by molar-refractivity contribution is 6.10. The summed E-state index contributed by atoms with van der Waals surface area (Å²) in [7, 11) is 0. The number of unbranched alkanes of at least 4 members (excludes halogenated alkanes) is 2. The van der Waals surface area contributed by atoms with Crippen LogP contribution in [0.1, 0.15) is 63.5 Å². The van der Waals surface area contributed by atoms with Crippen molar-refractivity contribution in [3.8, 4) is 22.5 Å². The molecule has 4 nitrogen and oxygen atoms in total. The van der Waals surface area contributed by atoms with E-state index in [2.05, 4.69) is 275 Å². The maximum atomic E-state index is 2.55. The number of fused-ring (bicyclic) bond motifs is 9. The zero-order valence-corrected chi connectivity index (χ0v) is 41.6. The quantitative estimate of drug-likeness (QED) is 0.108. The van der Waals surface area contributed by atoms with Crippen LogP contribution in [-0.2, 0) is 5.41 Å². The zero-order chi connectivity index (χ0) is 48.9. The van der Waals surface area contributed by atoms with Gasteiger partial charge in [0.2, 0.25) is 0 Å². The summed E-state index contributed by atoms with van der Waals surface area (Å²) in [6.07, 6.45) is 6.76. The van der Waals surface area contributed by atoms with E-state index in [0.717, 1.165) is 72.6 Å². The van der Waals surface area contributed by atoms with Crippen molar-refractivity contribution in [3.63, 3.8) is 0 Å². The van der Waals surface area contributed by atoms with Crippen LogP contribution in [0.3, 0.4) is 0 Å². The van der Waals surface area contributed by atoms with Crippen LogP contribution in [0, 0.1) is 0 Å². The Kier molecular flexibility index (Phi) is 11.3. The Bertz CT molecular complexity index is 3570. The molecule has 73 heavy (non-hydrogen) atoms. The van der Waals surface area contributed by atoms with Crippen molar-refractivity contribution in [3.05, 3.63) is 254 Å². The molecule has 13 rings (SSSR count). The van der Waals surface area contributed by atoms with Crippen molar-refractivity contribution in [2.45, 2.75) is 57.8 Å². The second-order valence-electron chi connectivity index (χ2n) is 19.9. The summed E-state index contributed by atoms with van der Waals surface area (Å²) >= 11 is 0. The standard InChI is InChI=1S/C69H58N4/c1-3-5-45-69(46-6-4-2)63-47-55(70(49-21-9-7-10-22-49)51-33-37-53(38-34-51)72-65-29-17-13-25-59(65)60-26-14-18-30-66(60)72)41-43-57(63)58-44-42-56(48-64(58)69)71(50-23-11-8-12-24-50)52-35-39-54(40-36-52)73-67-31-19-15-27-61(67)62-28-16-20-32-68(62)73/h7-44,47-48H,3-6,45-46H2,1-2H3. The molecule has 0 saturated heterocycles. The molecule has 0 atom stereocenters. The summed E-state index contributed by atoms with van der Waals surface area (Å²) in [5.41, 5.74) is 19.5. The average molecular weight is 943 g/mol. The van der Waals surface area contributed by atoms with Crippen molar-refractivity contribution in [1.29, 1.82) is 0 Å².